The van der Waals surface area contributed by atoms with Gasteiger partial charge in [0.1, 0.15) is 0 Å². The standard InChI is InChI=1S/C7H13N3/c1-5(9)7-3-2-6(4-8)10-7/h2-3,5,10H,4,8-9H2,1H3. The van der Waals surface area contributed by atoms with Gasteiger partial charge in [0, 0.05) is 24.0 Å². The van der Waals surface area contributed by atoms with E-state index in [1.54, 1.807) is 0 Å². The lowest BCUT2D eigenvalue weighted by molar-refractivity contribution is 0.781. The van der Waals surface area contributed by atoms with E-state index in [0.29, 0.717) is 6.54 Å². The number of aromatic amines is 1. The highest BCUT2D eigenvalue weighted by atomic mass is 14.8. The monoisotopic (exact) mass is 139 g/mol. The summed E-state index contributed by atoms with van der Waals surface area (Å²) in [6.07, 6.45) is 0. The van der Waals surface area contributed by atoms with Crippen molar-refractivity contribution in [2.45, 2.75) is 19.5 Å². The summed E-state index contributed by atoms with van der Waals surface area (Å²) in [6, 6.07) is 3.99. The van der Waals surface area contributed by atoms with E-state index in [-0.39, 0.29) is 6.04 Å². The normalized spacial score (nSPS) is 13.5. The van der Waals surface area contributed by atoms with Crippen LogP contribution in [0.25, 0.3) is 0 Å². The Morgan fingerprint density at radius 1 is 1.60 bits per heavy atom. The lowest BCUT2D eigenvalue weighted by atomic mass is 10.3. The summed E-state index contributed by atoms with van der Waals surface area (Å²) >= 11 is 0. The fourth-order valence-electron chi connectivity index (χ4n) is 0.844. The van der Waals surface area contributed by atoms with E-state index in [1.165, 1.54) is 0 Å². The first-order valence-corrected chi connectivity index (χ1v) is 3.37. The van der Waals surface area contributed by atoms with Crippen LogP contribution in [0, 0.1) is 0 Å². The molecule has 0 saturated carbocycles. The maximum atomic E-state index is 5.61. The van der Waals surface area contributed by atoms with Gasteiger partial charge in [0.15, 0.2) is 0 Å². The average molecular weight is 139 g/mol. The second-order valence-electron chi connectivity index (χ2n) is 2.43. The Hall–Kier alpha value is -0.800. The Morgan fingerprint density at radius 3 is 2.60 bits per heavy atom. The van der Waals surface area contributed by atoms with Crippen molar-refractivity contribution in [1.82, 2.24) is 4.98 Å². The summed E-state index contributed by atoms with van der Waals surface area (Å²) < 4.78 is 0. The van der Waals surface area contributed by atoms with Crippen molar-refractivity contribution in [2.24, 2.45) is 11.5 Å². The van der Waals surface area contributed by atoms with E-state index in [9.17, 15) is 0 Å². The number of nitrogens with one attached hydrogen (secondary N) is 1. The molecule has 0 fully saturated rings. The Kier molecular flexibility index (Phi) is 2.09. The van der Waals surface area contributed by atoms with Crippen molar-refractivity contribution in [2.75, 3.05) is 0 Å². The molecule has 5 N–H and O–H groups in total. The molecule has 1 atom stereocenters. The fourth-order valence-corrected chi connectivity index (χ4v) is 0.844. The maximum absolute atomic E-state index is 5.61. The van der Waals surface area contributed by atoms with Gasteiger partial charge in [-0.25, -0.2) is 0 Å². The zero-order valence-electron chi connectivity index (χ0n) is 6.09. The van der Waals surface area contributed by atoms with Crippen molar-refractivity contribution in [1.29, 1.82) is 0 Å². The third kappa shape index (κ3) is 1.37. The van der Waals surface area contributed by atoms with Gasteiger partial charge >= 0.3 is 0 Å². The predicted molar refractivity (Wildman–Crippen MR) is 41.3 cm³/mol. The van der Waals surface area contributed by atoms with Crippen LogP contribution in [0.15, 0.2) is 12.1 Å². The van der Waals surface area contributed by atoms with E-state index in [4.69, 9.17) is 11.5 Å². The minimum atomic E-state index is 0.0697. The molecule has 10 heavy (non-hydrogen) atoms. The Labute approximate surface area is 60.4 Å². The highest BCUT2D eigenvalue weighted by Gasteiger charge is 2.00. The zero-order valence-corrected chi connectivity index (χ0v) is 6.09. The van der Waals surface area contributed by atoms with Gasteiger partial charge in [0.25, 0.3) is 0 Å². The van der Waals surface area contributed by atoms with E-state index < -0.39 is 0 Å². The Bertz CT molecular complexity index is 202. The summed E-state index contributed by atoms with van der Waals surface area (Å²) in [5.41, 5.74) is 13.1. The van der Waals surface area contributed by atoms with E-state index >= 15 is 0 Å². The predicted octanol–water partition coefficient (Wildman–Crippen LogP) is 0.493. The number of rotatable bonds is 2. The molecule has 56 valence electrons. The topological polar surface area (TPSA) is 67.8 Å². The van der Waals surface area contributed by atoms with Gasteiger partial charge in [-0.3, -0.25) is 0 Å². The summed E-state index contributed by atoms with van der Waals surface area (Å²) in [4.78, 5) is 3.11. The molecule has 0 amide bonds. The van der Waals surface area contributed by atoms with Crippen LogP contribution in [0.5, 0.6) is 0 Å². The van der Waals surface area contributed by atoms with Crippen LogP contribution in [-0.2, 0) is 6.54 Å². The molecule has 0 aliphatic carbocycles. The summed E-state index contributed by atoms with van der Waals surface area (Å²) in [7, 11) is 0. The first-order valence-electron chi connectivity index (χ1n) is 3.37. The molecule has 0 aliphatic rings. The van der Waals surface area contributed by atoms with Crippen molar-refractivity contribution in [3.8, 4) is 0 Å². The molecule has 3 nitrogen and oxygen atoms in total. The smallest absolute Gasteiger partial charge is 0.0419 e. The van der Waals surface area contributed by atoms with E-state index in [0.717, 1.165) is 11.4 Å². The molecule has 1 aromatic rings. The molecule has 3 heteroatoms. The summed E-state index contributed by atoms with van der Waals surface area (Å²) in [6.45, 7) is 2.48. The average Bonchev–Trinajstić information content (AvgIpc) is 2.34. The second-order valence-corrected chi connectivity index (χ2v) is 2.43. The minimum Gasteiger partial charge on any atom is -0.360 e. The first kappa shape index (κ1) is 7.31. The van der Waals surface area contributed by atoms with Gasteiger partial charge in [0.2, 0.25) is 0 Å². The summed E-state index contributed by atoms with van der Waals surface area (Å²) in [5, 5.41) is 0. The highest BCUT2D eigenvalue weighted by Crippen LogP contribution is 2.07. The molecular weight excluding hydrogens is 126 g/mol. The van der Waals surface area contributed by atoms with E-state index in [1.807, 2.05) is 19.1 Å². The largest absolute Gasteiger partial charge is 0.360 e. The van der Waals surface area contributed by atoms with Crippen molar-refractivity contribution >= 4 is 0 Å². The molecular formula is C7H13N3. The quantitative estimate of drug-likeness (QED) is 0.558. The minimum absolute atomic E-state index is 0.0697. The van der Waals surface area contributed by atoms with Crippen molar-refractivity contribution in [3.05, 3.63) is 23.5 Å². The Morgan fingerprint density at radius 2 is 2.30 bits per heavy atom. The van der Waals surface area contributed by atoms with Crippen LogP contribution in [-0.4, -0.2) is 4.98 Å². The zero-order chi connectivity index (χ0) is 7.56. The molecule has 0 saturated heterocycles. The van der Waals surface area contributed by atoms with E-state index in [2.05, 4.69) is 4.98 Å². The molecule has 1 unspecified atom stereocenters. The van der Waals surface area contributed by atoms with Crippen LogP contribution in [0.3, 0.4) is 0 Å². The van der Waals surface area contributed by atoms with Crippen LogP contribution in [0.4, 0.5) is 0 Å². The van der Waals surface area contributed by atoms with Crippen LogP contribution in [0.1, 0.15) is 24.4 Å². The Balaban J connectivity index is 2.78. The van der Waals surface area contributed by atoms with Crippen molar-refractivity contribution < 1.29 is 0 Å². The van der Waals surface area contributed by atoms with Gasteiger partial charge in [-0.2, -0.15) is 0 Å². The molecule has 1 rings (SSSR count). The number of hydrogen-bond acceptors (Lipinski definition) is 2. The molecule has 0 spiro atoms. The van der Waals surface area contributed by atoms with Gasteiger partial charge in [0.05, 0.1) is 0 Å². The van der Waals surface area contributed by atoms with Crippen LogP contribution < -0.4 is 11.5 Å². The highest BCUT2D eigenvalue weighted by molar-refractivity contribution is 5.15. The molecule has 1 heterocycles. The number of hydrogen-bond donors (Lipinski definition) is 3. The molecule has 0 aromatic carbocycles. The van der Waals surface area contributed by atoms with Gasteiger partial charge in [-0.1, -0.05) is 0 Å². The third-order valence-electron chi connectivity index (χ3n) is 1.48. The van der Waals surface area contributed by atoms with Crippen LogP contribution in [0.2, 0.25) is 0 Å². The number of aromatic nitrogens is 1. The van der Waals surface area contributed by atoms with Gasteiger partial charge in [-0.15, -0.1) is 0 Å². The summed E-state index contributed by atoms with van der Waals surface area (Å²) in [5.74, 6) is 0. The fraction of sp³-hybridized carbons (Fsp3) is 0.429. The SMILES string of the molecule is CC(N)c1ccc(CN)[nH]1. The second kappa shape index (κ2) is 2.86. The van der Waals surface area contributed by atoms with Gasteiger partial charge < -0.3 is 16.5 Å². The van der Waals surface area contributed by atoms with Crippen molar-refractivity contribution in [3.63, 3.8) is 0 Å². The first-order chi connectivity index (χ1) is 4.74. The van der Waals surface area contributed by atoms with Crippen LogP contribution >= 0.6 is 0 Å². The lowest BCUT2D eigenvalue weighted by Crippen LogP contribution is -2.05. The lowest BCUT2D eigenvalue weighted by Gasteiger charge is -1.99. The molecule has 0 bridgehead atoms. The third-order valence-corrected chi connectivity index (χ3v) is 1.48. The molecule has 0 aliphatic heterocycles. The number of H-pyrrole nitrogens is 1. The maximum Gasteiger partial charge on any atom is 0.0419 e. The molecule has 0 radical (unpaired) electrons. The van der Waals surface area contributed by atoms with Gasteiger partial charge in [-0.05, 0) is 19.1 Å². The molecule has 1 aromatic heterocycles. The number of nitrogens with two attached hydrogens (primary N) is 2.